The van der Waals surface area contributed by atoms with Gasteiger partial charge in [0.2, 0.25) is 0 Å². The molecule has 28 heavy (non-hydrogen) atoms. The summed E-state index contributed by atoms with van der Waals surface area (Å²) < 4.78 is 0. The van der Waals surface area contributed by atoms with Gasteiger partial charge in [0.15, 0.2) is 0 Å². The number of hydrogen-bond acceptors (Lipinski definition) is 1. The molecule has 0 radical (unpaired) electrons. The first-order chi connectivity index (χ1) is 13.9. The Kier molecular flexibility index (Phi) is 7.81. The van der Waals surface area contributed by atoms with Gasteiger partial charge in [0.1, 0.15) is 0 Å². The quantitative estimate of drug-likeness (QED) is 0.280. The summed E-state index contributed by atoms with van der Waals surface area (Å²) in [5, 5.41) is 0. The fourth-order valence-electron chi connectivity index (χ4n) is 3.33. The summed E-state index contributed by atoms with van der Waals surface area (Å²) in [5.74, 6) is 0. The predicted octanol–water partition coefficient (Wildman–Crippen LogP) is 7.22. The molecule has 0 saturated heterocycles. The molecule has 3 rings (SSSR count). The molecule has 0 aromatic heterocycles. The van der Waals surface area contributed by atoms with Gasteiger partial charge in [-0.1, -0.05) is 97.4 Å². The number of rotatable bonds is 9. The maximum atomic E-state index is 4.62. The van der Waals surface area contributed by atoms with E-state index in [4.69, 9.17) is 0 Å². The van der Waals surface area contributed by atoms with Crippen LogP contribution in [-0.4, -0.2) is 12.8 Å². The second-order valence-electron chi connectivity index (χ2n) is 7.04. The van der Waals surface area contributed by atoms with Crippen molar-refractivity contribution in [2.75, 3.05) is 6.54 Å². The first-order valence-electron chi connectivity index (χ1n) is 10.2. The molecule has 1 nitrogen and oxygen atoms in total. The maximum absolute atomic E-state index is 4.62. The fourth-order valence-corrected chi connectivity index (χ4v) is 3.33. The molecule has 0 atom stereocenters. The number of allylic oxidation sites excluding steroid dienone is 1. The van der Waals surface area contributed by atoms with Crippen molar-refractivity contribution in [1.82, 2.24) is 0 Å². The zero-order chi connectivity index (χ0) is 19.4. The first kappa shape index (κ1) is 19.8. The lowest BCUT2D eigenvalue weighted by molar-refractivity contribution is 0.688. The highest BCUT2D eigenvalue weighted by atomic mass is 14.7. The molecule has 0 saturated carbocycles. The van der Waals surface area contributed by atoms with Crippen LogP contribution in [0.25, 0.3) is 17.2 Å². The summed E-state index contributed by atoms with van der Waals surface area (Å²) in [6, 6.07) is 27.9. The average molecular weight is 368 g/mol. The molecular weight excluding hydrogens is 338 g/mol. The summed E-state index contributed by atoms with van der Waals surface area (Å²) in [4.78, 5) is 4.62. The Labute approximate surface area is 169 Å². The first-order valence-corrected chi connectivity index (χ1v) is 10.2. The van der Waals surface area contributed by atoms with Crippen molar-refractivity contribution in [3.05, 3.63) is 102 Å². The van der Waals surface area contributed by atoms with Crippen LogP contribution in [0.4, 0.5) is 0 Å². The number of aliphatic imine (C=N–C) groups is 1. The van der Waals surface area contributed by atoms with Crippen molar-refractivity contribution >= 4 is 12.3 Å². The third kappa shape index (κ3) is 6.06. The van der Waals surface area contributed by atoms with E-state index in [-0.39, 0.29) is 0 Å². The van der Waals surface area contributed by atoms with Crippen LogP contribution in [0, 0.1) is 0 Å². The van der Waals surface area contributed by atoms with Gasteiger partial charge in [-0.25, -0.2) is 0 Å². The zero-order valence-electron chi connectivity index (χ0n) is 16.7. The predicted molar refractivity (Wildman–Crippen MR) is 123 cm³/mol. The van der Waals surface area contributed by atoms with Crippen molar-refractivity contribution in [3.63, 3.8) is 0 Å². The van der Waals surface area contributed by atoms with E-state index in [1.165, 1.54) is 40.7 Å². The Morgan fingerprint density at radius 1 is 0.679 bits per heavy atom. The van der Waals surface area contributed by atoms with Crippen LogP contribution in [0.3, 0.4) is 0 Å². The molecule has 0 aliphatic carbocycles. The zero-order valence-corrected chi connectivity index (χ0v) is 16.7. The molecule has 0 unspecified atom stereocenters. The number of unbranched alkanes of at least 4 members (excludes halogenated alkanes) is 2. The molecule has 0 amide bonds. The van der Waals surface area contributed by atoms with Gasteiger partial charge in [-0.15, -0.1) is 0 Å². The third-order valence-electron chi connectivity index (χ3n) is 4.89. The van der Waals surface area contributed by atoms with Crippen LogP contribution in [0.15, 0.2) is 89.9 Å². The Morgan fingerprint density at radius 2 is 1.36 bits per heavy atom. The largest absolute Gasteiger partial charge is 0.293 e. The van der Waals surface area contributed by atoms with Crippen LogP contribution in [0.5, 0.6) is 0 Å². The standard InChI is InChI=1S/C27H29N/c1-2-11-24-15-8-9-16-27(24)22-28-21-10-4-5-12-23-17-19-26(20-18-23)25-13-6-3-7-14-25/h2-3,6-9,11,13-20,22H,4-5,10,12,21H2,1H3/b11-2-,28-22+. The lowest BCUT2D eigenvalue weighted by Gasteiger charge is -2.05. The minimum absolute atomic E-state index is 0.900. The molecule has 0 fully saturated rings. The molecule has 0 bridgehead atoms. The van der Waals surface area contributed by atoms with Crippen LogP contribution < -0.4 is 0 Å². The molecular formula is C27H29N. The number of benzene rings is 3. The lowest BCUT2D eigenvalue weighted by atomic mass is 10.0. The molecule has 0 aliphatic rings. The average Bonchev–Trinajstić information content (AvgIpc) is 2.75. The highest BCUT2D eigenvalue weighted by Gasteiger charge is 1.98. The Bertz CT molecular complexity index is 889. The minimum atomic E-state index is 0.900. The van der Waals surface area contributed by atoms with Crippen LogP contribution in [0.1, 0.15) is 42.9 Å². The van der Waals surface area contributed by atoms with Gasteiger partial charge in [-0.3, -0.25) is 4.99 Å². The van der Waals surface area contributed by atoms with Gasteiger partial charge in [-0.05, 0) is 54.0 Å². The monoisotopic (exact) mass is 367 g/mol. The molecule has 3 aromatic rings. The van der Waals surface area contributed by atoms with E-state index in [1.54, 1.807) is 0 Å². The Balaban J connectivity index is 1.38. The highest BCUT2D eigenvalue weighted by Crippen LogP contribution is 2.20. The smallest absolute Gasteiger partial charge is 0.0389 e. The van der Waals surface area contributed by atoms with Crippen molar-refractivity contribution in [3.8, 4) is 11.1 Å². The summed E-state index contributed by atoms with van der Waals surface area (Å²) in [6.45, 7) is 2.94. The van der Waals surface area contributed by atoms with Gasteiger partial charge < -0.3 is 0 Å². The summed E-state index contributed by atoms with van der Waals surface area (Å²) in [7, 11) is 0. The van der Waals surface area contributed by atoms with Gasteiger partial charge >= 0.3 is 0 Å². The van der Waals surface area contributed by atoms with E-state index in [9.17, 15) is 0 Å². The van der Waals surface area contributed by atoms with Crippen LogP contribution in [-0.2, 0) is 6.42 Å². The van der Waals surface area contributed by atoms with Crippen molar-refractivity contribution < 1.29 is 0 Å². The SMILES string of the molecule is C/C=C\c1ccccc1/C=N/CCCCCc1ccc(-c2ccccc2)cc1. The summed E-state index contributed by atoms with van der Waals surface area (Å²) in [6.07, 6.45) is 10.9. The molecule has 0 aliphatic heterocycles. The van der Waals surface area contributed by atoms with E-state index < -0.39 is 0 Å². The minimum Gasteiger partial charge on any atom is -0.293 e. The van der Waals surface area contributed by atoms with Gasteiger partial charge in [0, 0.05) is 12.8 Å². The lowest BCUT2D eigenvalue weighted by Crippen LogP contribution is -1.90. The van der Waals surface area contributed by atoms with Crippen LogP contribution in [0.2, 0.25) is 0 Å². The Morgan fingerprint density at radius 3 is 2.11 bits per heavy atom. The van der Waals surface area contributed by atoms with Crippen molar-refractivity contribution in [1.29, 1.82) is 0 Å². The normalized spacial score (nSPS) is 11.5. The Hall–Kier alpha value is -2.93. The second kappa shape index (κ2) is 11.0. The van der Waals surface area contributed by atoms with Crippen molar-refractivity contribution in [2.24, 2.45) is 4.99 Å². The summed E-state index contributed by atoms with van der Waals surface area (Å²) in [5.41, 5.74) is 6.41. The van der Waals surface area contributed by atoms with Crippen molar-refractivity contribution in [2.45, 2.75) is 32.6 Å². The van der Waals surface area contributed by atoms with E-state index in [2.05, 4.69) is 96.0 Å². The molecule has 142 valence electrons. The number of aryl methyl sites for hydroxylation is 1. The maximum Gasteiger partial charge on any atom is 0.0389 e. The molecule has 3 aromatic carbocycles. The third-order valence-corrected chi connectivity index (χ3v) is 4.89. The van der Waals surface area contributed by atoms with Crippen LogP contribution >= 0.6 is 0 Å². The highest BCUT2D eigenvalue weighted by molar-refractivity contribution is 5.85. The van der Waals surface area contributed by atoms with Gasteiger partial charge in [-0.2, -0.15) is 0 Å². The molecule has 0 heterocycles. The molecule has 0 spiro atoms. The van der Waals surface area contributed by atoms with Gasteiger partial charge in [0.05, 0.1) is 0 Å². The topological polar surface area (TPSA) is 12.4 Å². The number of hydrogen-bond donors (Lipinski definition) is 0. The number of nitrogens with zero attached hydrogens (tertiary/aromatic N) is 1. The van der Waals surface area contributed by atoms with E-state index in [1.807, 2.05) is 13.1 Å². The second-order valence-corrected chi connectivity index (χ2v) is 7.04. The van der Waals surface area contributed by atoms with Gasteiger partial charge in [0.25, 0.3) is 0 Å². The van der Waals surface area contributed by atoms with E-state index in [0.717, 1.165) is 19.4 Å². The summed E-state index contributed by atoms with van der Waals surface area (Å²) >= 11 is 0. The van der Waals surface area contributed by atoms with E-state index in [0.29, 0.717) is 0 Å². The molecule has 0 N–H and O–H groups in total. The van der Waals surface area contributed by atoms with E-state index >= 15 is 0 Å². The fraction of sp³-hybridized carbons (Fsp3) is 0.222. The molecule has 1 heteroatoms.